The lowest BCUT2D eigenvalue weighted by Crippen LogP contribution is -2.14. The second-order valence-corrected chi connectivity index (χ2v) is 2.37. The van der Waals surface area contributed by atoms with Crippen molar-refractivity contribution in [3.8, 4) is 0 Å². The number of carbonyl (C=O) groups is 1. The van der Waals surface area contributed by atoms with Crippen molar-refractivity contribution in [2.45, 2.75) is 19.4 Å². The van der Waals surface area contributed by atoms with Crippen LogP contribution in [-0.4, -0.2) is 17.2 Å². The lowest BCUT2D eigenvalue weighted by Gasteiger charge is -2.13. The molecule has 1 aliphatic rings. The van der Waals surface area contributed by atoms with E-state index in [-0.39, 0.29) is 17.8 Å². The van der Waals surface area contributed by atoms with Crippen molar-refractivity contribution in [2.75, 3.05) is 0 Å². The van der Waals surface area contributed by atoms with Gasteiger partial charge in [-0.1, -0.05) is 0 Å². The molecule has 0 aromatic rings. The molecular weight excluding hydrogens is 144 g/mol. The van der Waals surface area contributed by atoms with Gasteiger partial charge in [0.2, 0.25) is 0 Å². The van der Waals surface area contributed by atoms with E-state index < -0.39 is 0 Å². The molecule has 60 valence electrons. The van der Waals surface area contributed by atoms with Crippen LogP contribution < -0.4 is 0 Å². The largest absolute Gasteiger partial charge is 0.508 e. The minimum Gasteiger partial charge on any atom is -0.508 e. The Hall–Kier alpha value is -1.25. The molecule has 1 N–H and O–H groups in total. The predicted molar refractivity (Wildman–Crippen MR) is 40.0 cm³/mol. The third-order valence-electron chi connectivity index (χ3n) is 1.36. The van der Waals surface area contributed by atoms with Gasteiger partial charge in [0.25, 0.3) is 0 Å². The Morgan fingerprint density at radius 1 is 1.82 bits per heavy atom. The number of aliphatic hydroxyl groups excluding tert-OH is 1. The number of hydrogen-bond acceptors (Lipinski definition) is 3. The lowest BCUT2D eigenvalue weighted by atomic mass is 10.1. The zero-order chi connectivity index (χ0) is 8.27. The molecule has 11 heavy (non-hydrogen) atoms. The Morgan fingerprint density at radius 2 is 2.55 bits per heavy atom. The van der Waals surface area contributed by atoms with E-state index in [9.17, 15) is 4.79 Å². The van der Waals surface area contributed by atoms with Gasteiger partial charge in [0, 0.05) is 13.3 Å². The number of hydrogen-bond donors (Lipinski definition) is 1. The molecule has 1 aliphatic carbocycles. The Kier molecular flexibility index (Phi) is 2.31. The highest BCUT2D eigenvalue weighted by Gasteiger charge is 2.09. The monoisotopic (exact) mass is 154 g/mol. The van der Waals surface area contributed by atoms with Crippen LogP contribution in [0.1, 0.15) is 13.3 Å². The summed E-state index contributed by atoms with van der Waals surface area (Å²) in [6.45, 7) is 1.37. The molecule has 0 radical (unpaired) electrons. The summed E-state index contributed by atoms with van der Waals surface area (Å²) in [6, 6.07) is 0. The van der Waals surface area contributed by atoms with Crippen molar-refractivity contribution in [3.63, 3.8) is 0 Å². The molecule has 0 spiro atoms. The second kappa shape index (κ2) is 3.23. The van der Waals surface area contributed by atoms with Gasteiger partial charge < -0.3 is 9.84 Å². The SMILES string of the molecule is CC(=O)OC1C=CC(O)=CC1. The summed E-state index contributed by atoms with van der Waals surface area (Å²) < 4.78 is 4.86. The highest BCUT2D eigenvalue weighted by Crippen LogP contribution is 2.10. The molecule has 1 rings (SSSR count). The van der Waals surface area contributed by atoms with Crippen molar-refractivity contribution in [1.82, 2.24) is 0 Å². The molecule has 0 aromatic heterocycles. The van der Waals surface area contributed by atoms with Crippen LogP contribution in [0.3, 0.4) is 0 Å². The average molecular weight is 154 g/mol. The fourth-order valence-electron chi connectivity index (χ4n) is 0.890. The lowest BCUT2D eigenvalue weighted by molar-refractivity contribution is -0.144. The molecule has 0 heterocycles. The number of ether oxygens (including phenoxy) is 1. The molecule has 0 aliphatic heterocycles. The van der Waals surface area contributed by atoms with Gasteiger partial charge in [0.15, 0.2) is 0 Å². The van der Waals surface area contributed by atoms with Gasteiger partial charge in [0.1, 0.15) is 11.9 Å². The first-order chi connectivity index (χ1) is 5.18. The van der Waals surface area contributed by atoms with Crippen LogP contribution in [0.25, 0.3) is 0 Å². The second-order valence-electron chi connectivity index (χ2n) is 2.37. The van der Waals surface area contributed by atoms with Gasteiger partial charge in [-0.25, -0.2) is 0 Å². The summed E-state index contributed by atoms with van der Waals surface area (Å²) in [7, 11) is 0. The maximum absolute atomic E-state index is 10.5. The summed E-state index contributed by atoms with van der Waals surface area (Å²) in [4.78, 5) is 10.5. The normalized spacial score (nSPS) is 22.6. The quantitative estimate of drug-likeness (QED) is 0.579. The molecule has 0 saturated heterocycles. The molecule has 0 fully saturated rings. The molecule has 1 atom stereocenters. The standard InChI is InChI=1S/C8H10O3/c1-6(9)11-8-4-2-7(10)3-5-8/h2-4,8,10H,5H2,1H3. The summed E-state index contributed by atoms with van der Waals surface area (Å²) in [6.07, 6.45) is 5.16. The van der Waals surface area contributed by atoms with Gasteiger partial charge in [-0.3, -0.25) is 4.79 Å². The van der Waals surface area contributed by atoms with Crippen LogP contribution in [0.15, 0.2) is 24.0 Å². The van der Waals surface area contributed by atoms with Gasteiger partial charge >= 0.3 is 5.97 Å². The highest BCUT2D eigenvalue weighted by molar-refractivity contribution is 5.66. The number of allylic oxidation sites excluding steroid dienone is 1. The van der Waals surface area contributed by atoms with E-state index in [2.05, 4.69) is 0 Å². The van der Waals surface area contributed by atoms with E-state index in [1.807, 2.05) is 0 Å². The Labute approximate surface area is 65.0 Å². The number of aliphatic hydroxyl groups is 1. The van der Waals surface area contributed by atoms with E-state index in [0.29, 0.717) is 6.42 Å². The zero-order valence-corrected chi connectivity index (χ0v) is 6.28. The first-order valence-corrected chi connectivity index (χ1v) is 3.43. The average Bonchev–Trinajstić information content (AvgIpc) is 1.93. The van der Waals surface area contributed by atoms with E-state index in [1.54, 1.807) is 12.2 Å². The van der Waals surface area contributed by atoms with E-state index in [0.717, 1.165) is 0 Å². The van der Waals surface area contributed by atoms with Crippen LogP contribution in [0, 0.1) is 0 Å². The van der Waals surface area contributed by atoms with Gasteiger partial charge in [-0.05, 0) is 18.2 Å². The smallest absolute Gasteiger partial charge is 0.303 e. The van der Waals surface area contributed by atoms with E-state index >= 15 is 0 Å². The molecule has 0 bridgehead atoms. The maximum atomic E-state index is 10.5. The van der Waals surface area contributed by atoms with Crippen LogP contribution in [-0.2, 0) is 9.53 Å². The van der Waals surface area contributed by atoms with Crippen molar-refractivity contribution in [2.24, 2.45) is 0 Å². The summed E-state index contributed by atoms with van der Waals surface area (Å²) >= 11 is 0. The van der Waals surface area contributed by atoms with Gasteiger partial charge in [-0.15, -0.1) is 0 Å². The zero-order valence-electron chi connectivity index (χ0n) is 6.28. The number of esters is 1. The summed E-state index contributed by atoms with van der Waals surface area (Å²) in [5.74, 6) is -0.0668. The third kappa shape index (κ3) is 2.45. The topological polar surface area (TPSA) is 46.5 Å². The maximum Gasteiger partial charge on any atom is 0.303 e. The number of rotatable bonds is 1. The van der Waals surface area contributed by atoms with Crippen LogP contribution >= 0.6 is 0 Å². The summed E-state index contributed by atoms with van der Waals surface area (Å²) in [5, 5.41) is 8.89. The van der Waals surface area contributed by atoms with E-state index in [1.165, 1.54) is 13.0 Å². The van der Waals surface area contributed by atoms with Crippen molar-refractivity contribution < 1.29 is 14.6 Å². The van der Waals surface area contributed by atoms with Crippen molar-refractivity contribution >= 4 is 5.97 Å². The van der Waals surface area contributed by atoms with Crippen molar-refractivity contribution in [3.05, 3.63) is 24.0 Å². The Morgan fingerprint density at radius 3 is 3.00 bits per heavy atom. The van der Waals surface area contributed by atoms with Crippen LogP contribution in [0.2, 0.25) is 0 Å². The first-order valence-electron chi connectivity index (χ1n) is 3.43. The molecule has 3 heteroatoms. The molecule has 0 aromatic carbocycles. The minimum atomic E-state index is -0.297. The third-order valence-corrected chi connectivity index (χ3v) is 1.36. The Balaban J connectivity index is 2.43. The van der Waals surface area contributed by atoms with Crippen LogP contribution in [0.4, 0.5) is 0 Å². The molecule has 0 amide bonds. The van der Waals surface area contributed by atoms with E-state index in [4.69, 9.17) is 9.84 Å². The summed E-state index contributed by atoms with van der Waals surface area (Å²) in [5.41, 5.74) is 0. The fourth-order valence-corrected chi connectivity index (χ4v) is 0.890. The van der Waals surface area contributed by atoms with Crippen LogP contribution in [0.5, 0.6) is 0 Å². The molecule has 0 saturated carbocycles. The number of carbonyl (C=O) groups excluding carboxylic acids is 1. The fraction of sp³-hybridized carbons (Fsp3) is 0.375. The first kappa shape index (κ1) is 7.85. The Bertz CT molecular complexity index is 215. The highest BCUT2D eigenvalue weighted by atomic mass is 16.5. The van der Waals surface area contributed by atoms with Gasteiger partial charge in [0.05, 0.1) is 0 Å². The van der Waals surface area contributed by atoms with Crippen molar-refractivity contribution in [1.29, 1.82) is 0 Å². The molecular formula is C8H10O3. The molecule has 1 unspecified atom stereocenters. The molecule has 3 nitrogen and oxygen atoms in total. The predicted octanol–water partition coefficient (Wildman–Crippen LogP) is 1.32. The van der Waals surface area contributed by atoms with Gasteiger partial charge in [-0.2, -0.15) is 0 Å². The minimum absolute atomic E-state index is 0.205.